The highest BCUT2D eigenvalue weighted by Gasteiger charge is 2.32. The minimum Gasteiger partial charge on any atom is -0.492 e. The maximum Gasteiger partial charge on any atom is 0.184 e. The molecule has 1 aliphatic heterocycles. The Morgan fingerprint density at radius 1 is 1.33 bits per heavy atom. The van der Waals surface area contributed by atoms with E-state index in [0.717, 1.165) is 21.8 Å². The zero-order valence-electron chi connectivity index (χ0n) is 10.4. The smallest absolute Gasteiger partial charge is 0.184 e. The molecule has 3 rings (SSSR count). The first-order chi connectivity index (χ1) is 8.66. The van der Waals surface area contributed by atoms with Crippen LogP contribution in [0.3, 0.4) is 0 Å². The third-order valence-electron chi connectivity index (χ3n) is 3.28. The molecule has 0 fully saturated rings. The van der Waals surface area contributed by atoms with Crippen LogP contribution in [0.15, 0.2) is 30.3 Å². The highest BCUT2D eigenvalue weighted by Crippen LogP contribution is 2.37. The van der Waals surface area contributed by atoms with Crippen LogP contribution in [0.1, 0.15) is 31.6 Å². The van der Waals surface area contributed by atoms with Crippen LogP contribution in [0.2, 0.25) is 0 Å². The summed E-state index contributed by atoms with van der Waals surface area (Å²) in [5.74, 6) is 0.898. The molecule has 0 bridgehead atoms. The Bertz CT molecular complexity index is 613. The van der Waals surface area contributed by atoms with Crippen molar-refractivity contribution in [2.24, 2.45) is 0 Å². The quantitative estimate of drug-likeness (QED) is 0.767. The molecule has 0 radical (unpaired) electrons. The Hall–Kier alpha value is -1.61. The van der Waals surface area contributed by atoms with Gasteiger partial charge in [0.15, 0.2) is 5.78 Å². The molecule has 3 heteroatoms. The van der Waals surface area contributed by atoms with Crippen LogP contribution in [0.5, 0.6) is 5.75 Å². The summed E-state index contributed by atoms with van der Waals surface area (Å²) in [5.41, 5.74) is 2.10. The van der Waals surface area contributed by atoms with Crippen molar-refractivity contribution in [3.63, 3.8) is 0 Å². The molecule has 0 amide bonds. The van der Waals surface area contributed by atoms with Crippen LogP contribution in [0.4, 0.5) is 0 Å². The summed E-state index contributed by atoms with van der Waals surface area (Å²) < 4.78 is 5.58. The van der Waals surface area contributed by atoms with E-state index in [-0.39, 0.29) is 11.7 Å². The number of carbonyl (C=O) groups is 1. The summed E-state index contributed by atoms with van der Waals surface area (Å²) >= 11 is 1.58. The molecule has 2 nitrogen and oxygen atoms in total. The summed E-state index contributed by atoms with van der Waals surface area (Å²) in [6.07, 6.45) is 0. The first-order valence-electron chi connectivity index (χ1n) is 6.00. The van der Waals surface area contributed by atoms with Crippen molar-refractivity contribution in [3.8, 4) is 5.75 Å². The number of thiophene rings is 1. The van der Waals surface area contributed by atoms with E-state index in [4.69, 9.17) is 4.74 Å². The van der Waals surface area contributed by atoms with Crippen LogP contribution in [-0.2, 0) is 0 Å². The molecule has 2 aromatic rings. The van der Waals surface area contributed by atoms with E-state index >= 15 is 0 Å². The van der Waals surface area contributed by atoms with Gasteiger partial charge in [0.1, 0.15) is 12.4 Å². The van der Waals surface area contributed by atoms with Gasteiger partial charge in [0, 0.05) is 10.4 Å². The molecule has 0 saturated carbocycles. The third-order valence-corrected chi connectivity index (χ3v) is 4.45. The maximum absolute atomic E-state index is 12.6. The Kier molecular flexibility index (Phi) is 2.71. The molecule has 1 aliphatic rings. The fourth-order valence-corrected chi connectivity index (χ4v) is 3.44. The predicted molar refractivity (Wildman–Crippen MR) is 72.8 cm³/mol. The van der Waals surface area contributed by atoms with E-state index < -0.39 is 0 Å². The highest BCUT2D eigenvalue weighted by atomic mass is 32.1. The van der Waals surface area contributed by atoms with Crippen LogP contribution in [-0.4, -0.2) is 12.4 Å². The van der Waals surface area contributed by atoms with Gasteiger partial charge in [0.2, 0.25) is 0 Å². The number of fused-ring (bicyclic) bond motifs is 1. The topological polar surface area (TPSA) is 26.3 Å². The van der Waals surface area contributed by atoms with Gasteiger partial charge in [-0.25, -0.2) is 0 Å². The van der Waals surface area contributed by atoms with E-state index in [1.54, 1.807) is 11.3 Å². The second kappa shape index (κ2) is 4.25. The molecular weight excluding hydrogens is 244 g/mol. The zero-order chi connectivity index (χ0) is 12.7. The molecule has 0 aliphatic carbocycles. The van der Waals surface area contributed by atoms with Gasteiger partial charge in [-0.05, 0) is 31.5 Å². The van der Waals surface area contributed by atoms with Crippen LogP contribution < -0.4 is 4.74 Å². The minimum absolute atomic E-state index is 0.141. The lowest BCUT2D eigenvalue weighted by Gasteiger charge is -2.06. The fraction of sp³-hybridized carbons (Fsp3) is 0.267. The number of aryl methyl sites for hydroxylation is 2. The summed E-state index contributed by atoms with van der Waals surface area (Å²) in [6.45, 7) is 4.50. The Balaban J connectivity index is 1.98. The standard InChI is InChI=1S/C15H14O2S/c1-9-7-10(2)18-15(9)14(16)12-8-17-13-6-4-3-5-11(12)13/h3-7,12H,8H2,1-2H3. The van der Waals surface area contributed by atoms with Gasteiger partial charge in [0.05, 0.1) is 10.8 Å². The van der Waals surface area contributed by atoms with Crippen LogP contribution in [0.25, 0.3) is 0 Å². The van der Waals surface area contributed by atoms with Gasteiger partial charge in [-0.2, -0.15) is 0 Å². The number of carbonyl (C=O) groups excluding carboxylic acids is 1. The number of ether oxygens (including phenoxy) is 1. The normalized spacial score (nSPS) is 17.3. The van der Waals surface area contributed by atoms with Crippen molar-refractivity contribution in [1.82, 2.24) is 0 Å². The first kappa shape index (κ1) is 11.5. The van der Waals surface area contributed by atoms with Gasteiger partial charge in [0.25, 0.3) is 0 Å². The van der Waals surface area contributed by atoms with Crippen LogP contribution >= 0.6 is 11.3 Å². The number of ketones is 1. The summed E-state index contributed by atoms with van der Waals surface area (Å²) in [7, 11) is 0. The molecule has 0 N–H and O–H groups in total. The number of rotatable bonds is 2. The zero-order valence-corrected chi connectivity index (χ0v) is 11.2. The van der Waals surface area contributed by atoms with Crippen molar-refractivity contribution in [3.05, 3.63) is 51.2 Å². The number of hydrogen-bond acceptors (Lipinski definition) is 3. The van der Waals surface area contributed by atoms with Gasteiger partial charge in [-0.1, -0.05) is 18.2 Å². The predicted octanol–water partition coefficient (Wildman–Crippen LogP) is 3.72. The Labute approximate surface area is 110 Å². The number of Topliss-reactive ketones (excluding diaryl/α,β-unsaturated/α-hetero) is 1. The molecule has 1 atom stereocenters. The van der Waals surface area contributed by atoms with Crippen molar-refractivity contribution in [2.75, 3.05) is 6.61 Å². The largest absolute Gasteiger partial charge is 0.492 e. The van der Waals surface area contributed by atoms with Crippen molar-refractivity contribution in [2.45, 2.75) is 19.8 Å². The van der Waals surface area contributed by atoms with Crippen molar-refractivity contribution < 1.29 is 9.53 Å². The lowest BCUT2D eigenvalue weighted by molar-refractivity contribution is 0.0951. The summed E-state index contributed by atoms with van der Waals surface area (Å²) in [6, 6.07) is 9.88. The molecule has 0 saturated heterocycles. The van der Waals surface area contributed by atoms with E-state index in [1.165, 1.54) is 4.88 Å². The second-order valence-corrected chi connectivity index (χ2v) is 5.89. The monoisotopic (exact) mass is 258 g/mol. The fourth-order valence-electron chi connectivity index (χ4n) is 2.42. The molecule has 18 heavy (non-hydrogen) atoms. The van der Waals surface area contributed by atoms with E-state index in [2.05, 4.69) is 6.07 Å². The SMILES string of the molecule is Cc1cc(C)c(C(=O)C2COc3ccccc32)s1. The average Bonchev–Trinajstić information content (AvgIpc) is 2.92. The van der Waals surface area contributed by atoms with E-state index in [1.807, 2.05) is 38.1 Å². The molecule has 1 aromatic heterocycles. The molecule has 1 aromatic carbocycles. The van der Waals surface area contributed by atoms with E-state index in [9.17, 15) is 4.79 Å². The number of para-hydroxylation sites is 1. The molecule has 0 spiro atoms. The third kappa shape index (κ3) is 1.75. The molecule has 2 heterocycles. The van der Waals surface area contributed by atoms with Gasteiger partial charge in [-0.3, -0.25) is 4.79 Å². The van der Waals surface area contributed by atoms with Crippen LogP contribution in [0, 0.1) is 13.8 Å². The first-order valence-corrected chi connectivity index (χ1v) is 6.81. The van der Waals surface area contributed by atoms with Gasteiger partial charge < -0.3 is 4.74 Å². The Morgan fingerprint density at radius 2 is 2.11 bits per heavy atom. The summed E-state index contributed by atoms with van der Waals surface area (Å²) in [4.78, 5) is 14.6. The lowest BCUT2D eigenvalue weighted by atomic mass is 9.95. The Morgan fingerprint density at radius 3 is 2.83 bits per heavy atom. The molecule has 92 valence electrons. The van der Waals surface area contributed by atoms with E-state index in [0.29, 0.717) is 6.61 Å². The number of hydrogen-bond donors (Lipinski definition) is 0. The molecular formula is C15H14O2S. The summed E-state index contributed by atoms with van der Waals surface area (Å²) in [5, 5.41) is 0. The maximum atomic E-state index is 12.6. The molecule has 1 unspecified atom stereocenters. The minimum atomic E-state index is -0.141. The van der Waals surface area contributed by atoms with Crippen molar-refractivity contribution >= 4 is 17.1 Å². The highest BCUT2D eigenvalue weighted by molar-refractivity contribution is 7.14. The lowest BCUT2D eigenvalue weighted by Crippen LogP contribution is -2.13. The van der Waals surface area contributed by atoms with Gasteiger partial charge >= 0.3 is 0 Å². The second-order valence-electron chi connectivity index (χ2n) is 4.63. The van der Waals surface area contributed by atoms with Crippen molar-refractivity contribution in [1.29, 1.82) is 0 Å². The number of benzene rings is 1. The van der Waals surface area contributed by atoms with Gasteiger partial charge in [-0.15, -0.1) is 11.3 Å². The average molecular weight is 258 g/mol.